The molecule has 0 atom stereocenters. The second-order valence-electron chi connectivity index (χ2n) is 3.46. The molecule has 0 radical (unpaired) electrons. The van der Waals surface area contributed by atoms with Crippen LogP contribution in [0, 0.1) is 0 Å². The van der Waals surface area contributed by atoms with Crippen molar-refractivity contribution >= 4 is 5.97 Å². The maximum atomic E-state index is 9.00. The molecule has 0 aliphatic carbocycles. The molecular weight excluding hydrogens is 250 g/mol. The number of aromatic amines is 2. The van der Waals surface area contributed by atoms with Crippen LogP contribution in [0.25, 0.3) is 17.3 Å². The molecule has 3 rings (SSSR count). The first-order valence-electron chi connectivity index (χ1n) is 5.26. The number of rotatable bonds is 2. The summed E-state index contributed by atoms with van der Waals surface area (Å²) in [4.78, 5) is 17.2. The summed E-state index contributed by atoms with van der Waals surface area (Å²) < 4.78 is 1.72. The highest BCUT2D eigenvalue weighted by Gasteiger charge is 2.06. The van der Waals surface area contributed by atoms with Gasteiger partial charge in [-0.15, -0.1) is 5.10 Å². The Morgan fingerprint density at radius 2 is 2.26 bits per heavy atom. The minimum atomic E-state index is -0.833. The van der Waals surface area contributed by atoms with Crippen LogP contribution in [-0.2, 0) is 4.79 Å². The molecule has 0 saturated carbocycles. The highest BCUT2D eigenvalue weighted by atomic mass is 16.4. The maximum absolute atomic E-state index is 9.00. The number of H-pyrrole nitrogens is 2. The lowest BCUT2D eigenvalue weighted by Gasteiger charge is -1.90. The molecule has 9 heteroatoms. The van der Waals surface area contributed by atoms with E-state index in [0.29, 0.717) is 11.8 Å². The van der Waals surface area contributed by atoms with Gasteiger partial charge in [-0.05, 0) is 0 Å². The molecule has 3 heterocycles. The molecule has 0 aromatic carbocycles. The zero-order valence-corrected chi connectivity index (χ0v) is 9.98. The second kappa shape index (κ2) is 5.58. The normalized spacial score (nSPS) is 9.74. The van der Waals surface area contributed by atoms with E-state index in [0.717, 1.165) is 12.5 Å². The fraction of sp³-hybridized carbons (Fsp3) is 0.100. The largest absolute Gasteiger partial charge is 0.481 e. The monoisotopic (exact) mass is 261 g/mol. The van der Waals surface area contributed by atoms with Crippen molar-refractivity contribution in [1.82, 2.24) is 34.9 Å². The zero-order chi connectivity index (χ0) is 13.7. The number of aliphatic carboxylic acids is 1. The van der Waals surface area contributed by atoms with Crippen LogP contribution >= 0.6 is 0 Å². The molecule has 0 aliphatic heterocycles. The molecule has 0 saturated heterocycles. The highest BCUT2D eigenvalue weighted by Crippen LogP contribution is 2.12. The van der Waals surface area contributed by atoms with Crippen LogP contribution in [0.4, 0.5) is 0 Å². The summed E-state index contributed by atoms with van der Waals surface area (Å²) in [5.41, 5.74) is 0.869. The summed E-state index contributed by atoms with van der Waals surface area (Å²) >= 11 is 0. The van der Waals surface area contributed by atoms with Crippen LogP contribution in [0.3, 0.4) is 0 Å². The fourth-order valence-corrected chi connectivity index (χ4v) is 1.26. The van der Waals surface area contributed by atoms with Crippen LogP contribution in [0.5, 0.6) is 0 Å². The summed E-state index contributed by atoms with van der Waals surface area (Å²) in [6.45, 7) is 1.08. The molecular formula is C10H11N7O2. The molecule has 0 unspecified atom stereocenters. The Labute approximate surface area is 107 Å². The van der Waals surface area contributed by atoms with Crippen molar-refractivity contribution < 1.29 is 9.90 Å². The molecule has 3 N–H and O–H groups in total. The first-order valence-corrected chi connectivity index (χ1v) is 5.26. The Bertz CT molecular complexity index is 574. The first-order chi connectivity index (χ1) is 9.16. The lowest BCUT2D eigenvalue weighted by atomic mass is 10.3. The Hall–Kier alpha value is -2.97. The van der Waals surface area contributed by atoms with Gasteiger partial charge in [0.1, 0.15) is 6.33 Å². The highest BCUT2D eigenvalue weighted by molar-refractivity contribution is 5.62. The van der Waals surface area contributed by atoms with E-state index in [-0.39, 0.29) is 0 Å². The van der Waals surface area contributed by atoms with Gasteiger partial charge < -0.3 is 5.11 Å². The van der Waals surface area contributed by atoms with Gasteiger partial charge in [0.2, 0.25) is 0 Å². The van der Waals surface area contributed by atoms with Crippen LogP contribution in [-0.4, -0.2) is 46.0 Å². The van der Waals surface area contributed by atoms with E-state index < -0.39 is 5.97 Å². The van der Waals surface area contributed by atoms with Crippen molar-refractivity contribution in [2.24, 2.45) is 0 Å². The Balaban J connectivity index is 0.000000297. The van der Waals surface area contributed by atoms with E-state index >= 15 is 0 Å². The Kier molecular flexibility index (Phi) is 3.67. The number of hydrogen-bond donors (Lipinski definition) is 3. The van der Waals surface area contributed by atoms with Gasteiger partial charge in [-0.2, -0.15) is 10.1 Å². The minimum Gasteiger partial charge on any atom is -0.481 e. The second-order valence-corrected chi connectivity index (χ2v) is 3.46. The molecule has 0 bridgehead atoms. The van der Waals surface area contributed by atoms with E-state index in [2.05, 4.69) is 30.4 Å². The molecule has 98 valence electrons. The van der Waals surface area contributed by atoms with Gasteiger partial charge in [-0.1, -0.05) is 0 Å². The molecule has 0 aliphatic rings. The topological polar surface area (TPSA) is 125 Å². The van der Waals surface area contributed by atoms with E-state index in [9.17, 15) is 0 Å². The first kappa shape index (κ1) is 12.5. The number of nitrogens with one attached hydrogen (secondary N) is 2. The Morgan fingerprint density at radius 1 is 1.47 bits per heavy atom. The smallest absolute Gasteiger partial charge is 0.300 e. The van der Waals surface area contributed by atoms with Gasteiger partial charge in [0.25, 0.3) is 11.9 Å². The van der Waals surface area contributed by atoms with Crippen LogP contribution < -0.4 is 0 Å². The molecule has 0 spiro atoms. The van der Waals surface area contributed by atoms with E-state index in [1.54, 1.807) is 35.7 Å². The predicted molar refractivity (Wildman–Crippen MR) is 64.4 cm³/mol. The minimum absolute atomic E-state index is 0.559. The van der Waals surface area contributed by atoms with E-state index in [4.69, 9.17) is 9.90 Å². The summed E-state index contributed by atoms with van der Waals surface area (Å²) in [5.74, 6) is 0.399. The maximum Gasteiger partial charge on any atom is 0.300 e. The molecule has 9 nitrogen and oxygen atoms in total. The van der Waals surface area contributed by atoms with Crippen LogP contribution in [0.1, 0.15) is 6.92 Å². The lowest BCUT2D eigenvalue weighted by molar-refractivity contribution is -0.134. The lowest BCUT2D eigenvalue weighted by Crippen LogP contribution is -1.91. The number of nitrogens with zero attached hydrogens (tertiary/aromatic N) is 5. The Morgan fingerprint density at radius 3 is 2.84 bits per heavy atom. The standard InChI is InChI=1S/C8H7N7.C2H4O2/c1-2-15(5-9-1)8-12-7(13-14-8)6-3-10-11-4-6;1-2(3)4/h1-5H,(H,10,11)(H,12,13,14);1H3,(H,3,4). The van der Waals surface area contributed by atoms with Crippen molar-refractivity contribution in [3.05, 3.63) is 31.1 Å². The van der Waals surface area contributed by atoms with Gasteiger partial charge in [0.15, 0.2) is 5.82 Å². The third-order valence-corrected chi connectivity index (χ3v) is 1.98. The summed E-state index contributed by atoms with van der Waals surface area (Å²) in [6.07, 6.45) is 8.52. The quantitative estimate of drug-likeness (QED) is 0.615. The van der Waals surface area contributed by atoms with Gasteiger partial charge >= 0.3 is 0 Å². The van der Waals surface area contributed by atoms with E-state index in [1.807, 2.05) is 0 Å². The predicted octanol–water partition coefficient (Wildman–Crippen LogP) is 0.471. The molecule has 3 aromatic rings. The van der Waals surface area contributed by atoms with Crippen LogP contribution in [0.15, 0.2) is 31.1 Å². The van der Waals surface area contributed by atoms with Gasteiger partial charge in [-0.25, -0.2) is 4.98 Å². The average molecular weight is 261 g/mol. The van der Waals surface area contributed by atoms with Crippen molar-refractivity contribution in [3.8, 4) is 17.3 Å². The van der Waals surface area contributed by atoms with Gasteiger partial charge in [0, 0.05) is 25.5 Å². The van der Waals surface area contributed by atoms with Crippen LogP contribution in [0.2, 0.25) is 0 Å². The molecule has 3 aromatic heterocycles. The number of carbonyl (C=O) groups is 1. The number of imidazole rings is 1. The average Bonchev–Trinajstić information content (AvgIpc) is 3.11. The van der Waals surface area contributed by atoms with Gasteiger partial charge in [0.05, 0.1) is 11.8 Å². The van der Waals surface area contributed by atoms with Gasteiger partial charge in [-0.3, -0.25) is 19.6 Å². The number of aromatic nitrogens is 7. The summed E-state index contributed by atoms with van der Waals surface area (Å²) in [5, 5.41) is 20.9. The molecule has 0 amide bonds. The van der Waals surface area contributed by atoms with Crippen molar-refractivity contribution in [3.63, 3.8) is 0 Å². The fourth-order valence-electron chi connectivity index (χ4n) is 1.26. The number of carboxylic acid groups (broad SMARTS) is 1. The summed E-state index contributed by atoms with van der Waals surface area (Å²) in [6, 6.07) is 0. The van der Waals surface area contributed by atoms with Crippen molar-refractivity contribution in [2.75, 3.05) is 0 Å². The third kappa shape index (κ3) is 3.25. The van der Waals surface area contributed by atoms with E-state index in [1.165, 1.54) is 0 Å². The SMILES string of the molecule is CC(=O)O.c1cn(-c2n[nH]c(-c3cn[nH]c3)n2)cn1. The van der Waals surface area contributed by atoms with Crippen molar-refractivity contribution in [1.29, 1.82) is 0 Å². The molecule has 19 heavy (non-hydrogen) atoms. The summed E-state index contributed by atoms with van der Waals surface area (Å²) in [7, 11) is 0. The molecule has 0 fully saturated rings. The number of carboxylic acids is 1. The van der Waals surface area contributed by atoms with Crippen molar-refractivity contribution in [2.45, 2.75) is 6.92 Å². The third-order valence-electron chi connectivity index (χ3n) is 1.98. The zero-order valence-electron chi connectivity index (χ0n) is 9.98. The number of hydrogen-bond acceptors (Lipinski definition) is 5.